The molecule has 5 rings (SSSR count). The van der Waals surface area contributed by atoms with Crippen molar-refractivity contribution in [1.29, 1.82) is 5.41 Å². The summed E-state index contributed by atoms with van der Waals surface area (Å²) in [5.41, 5.74) is 3.24. The number of ether oxygens (including phenoxy) is 1. The first-order valence-electron chi connectivity index (χ1n) is 11.0. The number of nitrogens with zero attached hydrogens (tertiary/aromatic N) is 3. The van der Waals surface area contributed by atoms with Crippen LogP contribution in [0.4, 0.5) is 0 Å². The van der Waals surface area contributed by atoms with Crippen LogP contribution in [-0.4, -0.2) is 39.1 Å². The molecule has 1 aromatic carbocycles. The predicted molar refractivity (Wildman–Crippen MR) is 125 cm³/mol. The van der Waals surface area contributed by atoms with Crippen LogP contribution in [0.15, 0.2) is 53.5 Å². The summed E-state index contributed by atoms with van der Waals surface area (Å²) in [6.07, 6.45) is 3.51. The van der Waals surface area contributed by atoms with Gasteiger partial charge in [0, 0.05) is 25.0 Å². The molecule has 0 aliphatic carbocycles. The highest BCUT2D eigenvalue weighted by Gasteiger charge is 2.21. The molecule has 8 heteroatoms. The Bertz CT molecular complexity index is 1500. The van der Waals surface area contributed by atoms with Crippen molar-refractivity contribution in [3.8, 4) is 5.69 Å². The van der Waals surface area contributed by atoms with Gasteiger partial charge in [0.05, 0.1) is 17.1 Å². The molecule has 3 aromatic heterocycles. The molecule has 2 N–H and O–H groups in total. The van der Waals surface area contributed by atoms with E-state index in [0.717, 1.165) is 24.0 Å². The minimum atomic E-state index is -0.410. The zero-order valence-corrected chi connectivity index (χ0v) is 18.6. The standard InChI is InChI=1S/C25H25N5O3/c1-15-7-9-17(10-8-15)30-21(26)19(24(31)27-14-18-6-4-12-33-18)13-20-23(30)28-22-16(2)5-3-11-29(22)25(20)32/h3,5,7-11,13,18,26H,4,6,12,14H2,1-2H3,(H,27,31). The monoisotopic (exact) mass is 443 g/mol. The van der Waals surface area contributed by atoms with Crippen LogP contribution in [0.1, 0.15) is 34.3 Å². The van der Waals surface area contributed by atoms with E-state index in [1.807, 2.05) is 44.2 Å². The molecule has 1 unspecified atom stereocenters. The molecule has 1 aliphatic heterocycles. The number of carbonyl (C=O) groups excluding carboxylic acids is 1. The van der Waals surface area contributed by atoms with E-state index in [1.54, 1.807) is 16.8 Å². The predicted octanol–water partition coefficient (Wildman–Crippen LogP) is 2.64. The van der Waals surface area contributed by atoms with Gasteiger partial charge in [-0.2, -0.15) is 0 Å². The second kappa shape index (κ2) is 8.29. The van der Waals surface area contributed by atoms with E-state index in [2.05, 4.69) is 5.32 Å². The lowest BCUT2D eigenvalue weighted by atomic mass is 10.1. The van der Waals surface area contributed by atoms with Crippen LogP contribution in [0.3, 0.4) is 0 Å². The third kappa shape index (κ3) is 3.72. The topological polar surface area (TPSA) is 101 Å². The second-order valence-corrected chi connectivity index (χ2v) is 8.46. The first-order chi connectivity index (χ1) is 15.9. The van der Waals surface area contributed by atoms with Crippen molar-refractivity contribution in [3.63, 3.8) is 0 Å². The van der Waals surface area contributed by atoms with E-state index < -0.39 is 5.91 Å². The highest BCUT2D eigenvalue weighted by molar-refractivity contribution is 5.97. The fraction of sp³-hybridized carbons (Fsp3) is 0.280. The molecule has 4 aromatic rings. The second-order valence-electron chi connectivity index (χ2n) is 8.46. The SMILES string of the molecule is Cc1ccc(-n2c(=N)c(C(=O)NCC3CCCO3)cc3c(=O)n4cccc(C)c4nc32)cc1. The summed E-state index contributed by atoms with van der Waals surface area (Å²) in [7, 11) is 0. The van der Waals surface area contributed by atoms with E-state index in [9.17, 15) is 9.59 Å². The van der Waals surface area contributed by atoms with Crippen molar-refractivity contribution in [2.45, 2.75) is 32.8 Å². The van der Waals surface area contributed by atoms with Crippen molar-refractivity contribution in [3.05, 3.63) is 81.2 Å². The molecule has 1 saturated heterocycles. The Morgan fingerprint density at radius 2 is 2.00 bits per heavy atom. The van der Waals surface area contributed by atoms with Gasteiger partial charge in [0.1, 0.15) is 11.1 Å². The zero-order chi connectivity index (χ0) is 23.1. The maximum absolute atomic E-state index is 13.4. The number of nitrogens with one attached hydrogen (secondary N) is 2. The summed E-state index contributed by atoms with van der Waals surface area (Å²) in [6, 6.07) is 12.7. The van der Waals surface area contributed by atoms with Crippen molar-refractivity contribution in [2.24, 2.45) is 0 Å². The minimum Gasteiger partial charge on any atom is -0.376 e. The Kier molecular flexibility index (Phi) is 5.30. The number of amides is 1. The quantitative estimate of drug-likeness (QED) is 0.474. The van der Waals surface area contributed by atoms with Crippen LogP contribution in [-0.2, 0) is 4.74 Å². The molecule has 0 radical (unpaired) electrons. The molecule has 1 fully saturated rings. The maximum Gasteiger partial charge on any atom is 0.267 e. The Morgan fingerprint density at radius 3 is 2.73 bits per heavy atom. The van der Waals surface area contributed by atoms with Gasteiger partial charge in [0.2, 0.25) is 0 Å². The summed E-state index contributed by atoms with van der Waals surface area (Å²) < 4.78 is 8.65. The lowest BCUT2D eigenvalue weighted by Crippen LogP contribution is -2.37. The van der Waals surface area contributed by atoms with Crippen molar-refractivity contribution in [1.82, 2.24) is 19.3 Å². The first kappa shape index (κ1) is 21.1. The highest BCUT2D eigenvalue weighted by Crippen LogP contribution is 2.17. The molecule has 0 saturated carbocycles. The number of fused-ring (bicyclic) bond motifs is 2. The largest absolute Gasteiger partial charge is 0.376 e. The highest BCUT2D eigenvalue weighted by atomic mass is 16.5. The van der Waals surface area contributed by atoms with Gasteiger partial charge in [0.25, 0.3) is 11.5 Å². The van der Waals surface area contributed by atoms with Crippen molar-refractivity contribution >= 4 is 22.6 Å². The lowest BCUT2D eigenvalue weighted by Gasteiger charge is -2.16. The van der Waals surface area contributed by atoms with Crippen molar-refractivity contribution in [2.75, 3.05) is 13.2 Å². The van der Waals surface area contributed by atoms with Gasteiger partial charge in [0.15, 0.2) is 5.65 Å². The Balaban J connectivity index is 1.75. The van der Waals surface area contributed by atoms with E-state index in [0.29, 0.717) is 30.1 Å². The van der Waals surface area contributed by atoms with Gasteiger partial charge < -0.3 is 10.1 Å². The van der Waals surface area contributed by atoms with Crippen LogP contribution in [0.25, 0.3) is 22.4 Å². The number of hydrogen-bond acceptors (Lipinski definition) is 5. The van der Waals surface area contributed by atoms with Gasteiger partial charge >= 0.3 is 0 Å². The van der Waals surface area contributed by atoms with E-state index in [4.69, 9.17) is 15.1 Å². The number of aryl methyl sites for hydroxylation is 2. The maximum atomic E-state index is 13.4. The molecule has 4 heterocycles. The Morgan fingerprint density at radius 1 is 1.21 bits per heavy atom. The smallest absolute Gasteiger partial charge is 0.267 e. The molecule has 1 amide bonds. The number of benzene rings is 1. The minimum absolute atomic E-state index is 0.0213. The van der Waals surface area contributed by atoms with Crippen LogP contribution in [0.2, 0.25) is 0 Å². The van der Waals surface area contributed by atoms with E-state index in [-0.39, 0.29) is 28.1 Å². The van der Waals surface area contributed by atoms with Crippen LogP contribution >= 0.6 is 0 Å². The van der Waals surface area contributed by atoms with E-state index in [1.165, 1.54) is 10.5 Å². The van der Waals surface area contributed by atoms with Gasteiger partial charge in [-0.25, -0.2) is 4.98 Å². The summed E-state index contributed by atoms with van der Waals surface area (Å²) in [5.74, 6) is -0.410. The van der Waals surface area contributed by atoms with Gasteiger partial charge in [-0.1, -0.05) is 23.8 Å². The molecule has 1 aliphatic rings. The van der Waals surface area contributed by atoms with Gasteiger partial charge in [-0.15, -0.1) is 0 Å². The molecule has 8 nitrogen and oxygen atoms in total. The summed E-state index contributed by atoms with van der Waals surface area (Å²) in [6.45, 7) is 4.93. The number of hydrogen-bond donors (Lipinski definition) is 2. The molecule has 1 atom stereocenters. The van der Waals surface area contributed by atoms with Crippen LogP contribution in [0, 0.1) is 19.3 Å². The summed E-state index contributed by atoms with van der Waals surface area (Å²) >= 11 is 0. The molecule has 0 bridgehead atoms. The Labute approximate surface area is 190 Å². The first-order valence-corrected chi connectivity index (χ1v) is 11.0. The molecule has 168 valence electrons. The normalized spacial score (nSPS) is 15.9. The fourth-order valence-electron chi connectivity index (χ4n) is 4.26. The number of pyridine rings is 2. The van der Waals surface area contributed by atoms with Crippen LogP contribution < -0.4 is 16.4 Å². The van der Waals surface area contributed by atoms with E-state index >= 15 is 0 Å². The fourth-order valence-corrected chi connectivity index (χ4v) is 4.26. The molecular formula is C25H25N5O3. The Hall–Kier alpha value is -3.78. The number of aromatic nitrogens is 3. The van der Waals surface area contributed by atoms with Crippen molar-refractivity contribution < 1.29 is 9.53 Å². The van der Waals surface area contributed by atoms with Gasteiger partial charge in [-0.05, 0) is 56.5 Å². The molecular weight excluding hydrogens is 418 g/mol. The third-order valence-electron chi connectivity index (χ3n) is 6.09. The lowest BCUT2D eigenvalue weighted by molar-refractivity contribution is 0.0856. The molecule has 0 spiro atoms. The summed E-state index contributed by atoms with van der Waals surface area (Å²) in [4.78, 5) is 31.3. The summed E-state index contributed by atoms with van der Waals surface area (Å²) in [5, 5.41) is 12.0. The zero-order valence-electron chi connectivity index (χ0n) is 18.6. The number of carbonyl (C=O) groups is 1. The van der Waals surface area contributed by atoms with Crippen LogP contribution in [0.5, 0.6) is 0 Å². The molecule has 33 heavy (non-hydrogen) atoms. The third-order valence-corrected chi connectivity index (χ3v) is 6.09. The number of rotatable bonds is 4. The van der Waals surface area contributed by atoms with Gasteiger partial charge in [-0.3, -0.25) is 24.0 Å². The average Bonchev–Trinajstić information content (AvgIpc) is 3.33. The average molecular weight is 444 g/mol.